The predicted molar refractivity (Wildman–Crippen MR) is 153 cm³/mol. The Morgan fingerprint density at radius 3 is 2.43 bits per heavy atom. The number of alkyl halides is 3. The second kappa shape index (κ2) is 11.0. The number of aliphatic hydroxyl groups is 1. The summed E-state index contributed by atoms with van der Waals surface area (Å²) in [6, 6.07) is 12.9. The molecule has 0 aliphatic carbocycles. The number of hydrogen-bond donors (Lipinski definition) is 2. The molecule has 0 unspecified atom stereocenters. The van der Waals surface area contributed by atoms with Crippen LogP contribution in [0, 0.1) is 0 Å². The van der Waals surface area contributed by atoms with E-state index >= 15 is 0 Å². The van der Waals surface area contributed by atoms with Crippen LogP contribution in [0.2, 0.25) is 0 Å². The van der Waals surface area contributed by atoms with Gasteiger partial charge >= 0.3 is 12.3 Å². The monoisotopic (exact) mass is 598 g/mol. The molecular weight excluding hydrogens is 569 g/mol. The van der Waals surface area contributed by atoms with Crippen LogP contribution >= 0.6 is 11.3 Å². The van der Waals surface area contributed by atoms with Gasteiger partial charge < -0.3 is 20.1 Å². The molecule has 5 rings (SSSR count). The number of amides is 2. The Bertz CT molecular complexity index is 1640. The van der Waals surface area contributed by atoms with Crippen molar-refractivity contribution >= 4 is 39.2 Å². The van der Waals surface area contributed by atoms with Crippen LogP contribution < -0.4 is 5.32 Å². The summed E-state index contributed by atoms with van der Waals surface area (Å²) < 4.78 is 44.7. The number of carbonyl (C=O) groups is 2. The van der Waals surface area contributed by atoms with Crippen LogP contribution in [0.4, 0.5) is 23.7 Å². The van der Waals surface area contributed by atoms with Crippen molar-refractivity contribution in [1.82, 2.24) is 14.9 Å². The zero-order valence-electron chi connectivity index (χ0n) is 23.2. The van der Waals surface area contributed by atoms with Gasteiger partial charge in [-0.1, -0.05) is 18.2 Å². The molecule has 0 bridgehead atoms. The second-order valence-electron chi connectivity index (χ2n) is 11.2. The van der Waals surface area contributed by atoms with Crippen LogP contribution in [0.25, 0.3) is 21.5 Å². The van der Waals surface area contributed by atoms with Crippen molar-refractivity contribution in [3.05, 3.63) is 76.9 Å². The van der Waals surface area contributed by atoms with Crippen molar-refractivity contribution in [2.45, 2.75) is 51.0 Å². The Labute approximate surface area is 244 Å². The van der Waals surface area contributed by atoms with Crippen LogP contribution in [-0.4, -0.2) is 50.7 Å². The quantitative estimate of drug-likeness (QED) is 0.266. The summed E-state index contributed by atoms with van der Waals surface area (Å²) in [7, 11) is 0. The Morgan fingerprint density at radius 1 is 1.02 bits per heavy atom. The molecule has 0 saturated carbocycles. The first-order chi connectivity index (χ1) is 19.7. The van der Waals surface area contributed by atoms with Gasteiger partial charge in [0.05, 0.1) is 11.3 Å². The molecular formula is C30H29F3N4O4S. The first kappa shape index (κ1) is 29.5. The maximum atomic E-state index is 13.1. The number of nitrogens with zero attached hydrogens (tertiary/aromatic N) is 3. The van der Waals surface area contributed by atoms with Gasteiger partial charge in [-0.05, 0) is 70.0 Å². The molecule has 2 N–H and O–H groups in total. The average molecular weight is 599 g/mol. The highest BCUT2D eigenvalue weighted by Crippen LogP contribution is 2.41. The standard InChI is InChI=1S/C30H29F3N4O4S/c1-28(2,3)41-27(39)37-12-10-29(40,11-13-37)23-16-22-24(34-17-35-26(22)42-23)18-6-5-9-21(15-18)36-25(38)19-7-4-8-20(14-19)30(31,32)33/h4-9,14-17,40H,10-13H2,1-3H3,(H,36,38). The Kier molecular flexibility index (Phi) is 7.71. The number of likely N-dealkylation sites (tertiary alicyclic amines) is 1. The van der Waals surface area contributed by atoms with Crippen molar-refractivity contribution in [3.8, 4) is 11.3 Å². The number of piperidine rings is 1. The Hall–Kier alpha value is -4.03. The first-order valence-electron chi connectivity index (χ1n) is 13.3. The molecule has 1 saturated heterocycles. The molecule has 4 aromatic rings. The maximum absolute atomic E-state index is 13.1. The maximum Gasteiger partial charge on any atom is 0.416 e. The highest BCUT2D eigenvalue weighted by molar-refractivity contribution is 7.18. The third-order valence-electron chi connectivity index (χ3n) is 6.88. The lowest BCUT2D eigenvalue weighted by Crippen LogP contribution is -2.46. The molecule has 12 heteroatoms. The number of hydrogen-bond acceptors (Lipinski definition) is 7. The van der Waals surface area contributed by atoms with Crippen molar-refractivity contribution < 1.29 is 32.6 Å². The fourth-order valence-corrected chi connectivity index (χ4v) is 5.88. The van der Waals surface area contributed by atoms with E-state index in [-0.39, 0.29) is 5.56 Å². The highest BCUT2D eigenvalue weighted by Gasteiger charge is 2.38. The summed E-state index contributed by atoms with van der Waals surface area (Å²) in [5.41, 5.74) is -1.17. The molecule has 1 aliphatic rings. The number of rotatable bonds is 4. The summed E-state index contributed by atoms with van der Waals surface area (Å²) in [4.78, 5) is 37.0. The Balaban J connectivity index is 1.36. The molecule has 220 valence electrons. The minimum absolute atomic E-state index is 0.118. The molecule has 1 aliphatic heterocycles. The zero-order valence-corrected chi connectivity index (χ0v) is 24.0. The summed E-state index contributed by atoms with van der Waals surface area (Å²) in [6.45, 7) is 6.10. The van der Waals surface area contributed by atoms with Gasteiger partial charge in [0, 0.05) is 40.2 Å². The molecule has 0 spiro atoms. The third kappa shape index (κ3) is 6.39. The van der Waals surface area contributed by atoms with E-state index in [2.05, 4.69) is 15.3 Å². The molecule has 8 nitrogen and oxygen atoms in total. The fraction of sp³-hybridized carbons (Fsp3) is 0.333. The highest BCUT2D eigenvalue weighted by atomic mass is 32.1. The van der Waals surface area contributed by atoms with Gasteiger partial charge in [-0.2, -0.15) is 13.2 Å². The van der Waals surface area contributed by atoms with Crippen molar-refractivity contribution in [3.63, 3.8) is 0 Å². The van der Waals surface area contributed by atoms with Crippen molar-refractivity contribution in [1.29, 1.82) is 0 Å². The topological polar surface area (TPSA) is 105 Å². The van der Waals surface area contributed by atoms with E-state index in [0.29, 0.717) is 58.0 Å². The third-order valence-corrected chi connectivity index (χ3v) is 8.11. The normalized spacial score (nSPS) is 15.5. The number of nitrogens with one attached hydrogen (secondary N) is 1. The van der Waals surface area contributed by atoms with Crippen LogP contribution in [-0.2, 0) is 16.5 Å². The minimum atomic E-state index is -4.56. The smallest absolute Gasteiger partial charge is 0.416 e. The van der Waals surface area contributed by atoms with Gasteiger partial charge in [0.1, 0.15) is 22.4 Å². The van der Waals surface area contributed by atoms with Crippen LogP contribution in [0.15, 0.2) is 60.9 Å². The number of carbonyl (C=O) groups excluding carboxylic acids is 2. The lowest BCUT2D eigenvalue weighted by molar-refractivity contribution is -0.137. The minimum Gasteiger partial charge on any atom is -0.444 e. The number of fused-ring (bicyclic) bond motifs is 1. The molecule has 2 aromatic carbocycles. The average Bonchev–Trinajstić information content (AvgIpc) is 3.38. The number of thiophene rings is 1. The van der Waals surface area contributed by atoms with Crippen molar-refractivity contribution in [2.75, 3.05) is 18.4 Å². The number of aromatic nitrogens is 2. The number of ether oxygens (including phenoxy) is 1. The molecule has 2 aromatic heterocycles. The summed E-state index contributed by atoms with van der Waals surface area (Å²) >= 11 is 1.35. The van der Waals surface area contributed by atoms with E-state index in [1.165, 1.54) is 29.8 Å². The lowest BCUT2D eigenvalue weighted by atomic mass is 9.89. The largest absolute Gasteiger partial charge is 0.444 e. The van der Waals surface area contributed by atoms with Crippen LogP contribution in [0.5, 0.6) is 0 Å². The second-order valence-corrected chi connectivity index (χ2v) is 12.2. The van der Waals surface area contributed by atoms with Gasteiger partial charge in [0.2, 0.25) is 0 Å². The summed E-state index contributed by atoms with van der Waals surface area (Å²) in [5, 5.41) is 14.9. The van der Waals surface area contributed by atoms with E-state index < -0.39 is 34.9 Å². The van der Waals surface area contributed by atoms with Crippen LogP contribution in [0.1, 0.15) is 54.4 Å². The van der Waals surface area contributed by atoms with Crippen LogP contribution in [0.3, 0.4) is 0 Å². The molecule has 42 heavy (non-hydrogen) atoms. The molecule has 1 fully saturated rings. The number of halogens is 3. The lowest BCUT2D eigenvalue weighted by Gasteiger charge is -2.38. The SMILES string of the molecule is CC(C)(C)OC(=O)N1CCC(O)(c2cc3c(-c4cccc(NC(=O)c5cccc(C(F)(F)F)c5)c4)ncnc3s2)CC1. The van der Waals surface area contributed by atoms with Gasteiger partial charge in [-0.3, -0.25) is 4.79 Å². The van der Waals surface area contributed by atoms with E-state index in [1.54, 1.807) is 49.9 Å². The van der Waals surface area contributed by atoms with E-state index in [0.717, 1.165) is 12.1 Å². The van der Waals surface area contributed by atoms with Gasteiger partial charge in [-0.25, -0.2) is 14.8 Å². The van der Waals surface area contributed by atoms with Gasteiger partial charge in [-0.15, -0.1) is 11.3 Å². The van der Waals surface area contributed by atoms with Gasteiger partial charge in [0.25, 0.3) is 5.91 Å². The predicted octanol–water partition coefficient (Wildman–Crippen LogP) is 6.85. The van der Waals surface area contributed by atoms with Gasteiger partial charge in [0.15, 0.2) is 0 Å². The van der Waals surface area contributed by atoms with E-state index in [9.17, 15) is 27.9 Å². The van der Waals surface area contributed by atoms with E-state index in [1.807, 2.05) is 6.07 Å². The van der Waals surface area contributed by atoms with Crippen molar-refractivity contribution in [2.24, 2.45) is 0 Å². The molecule has 2 amide bonds. The molecule has 0 radical (unpaired) electrons. The zero-order chi connectivity index (χ0) is 30.3. The fourth-order valence-electron chi connectivity index (χ4n) is 4.73. The first-order valence-corrected chi connectivity index (χ1v) is 14.1. The molecule has 3 heterocycles. The Morgan fingerprint density at radius 2 is 1.74 bits per heavy atom. The molecule has 0 atom stereocenters. The van der Waals surface area contributed by atoms with E-state index in [4.69, 9.17) is 4.74 Å². The number of benzene rings is 2. The summed E-state index contributed by atoms with van der Waals surface area (Å²) in [5.74, 6) is -0.677. The number of anilines is 1. The summed E-state index contributed by atoms with van der Waals surface area (Å²) in [6.07, 6.45) is -2.89.